The number of fused-ring (bicyclic) bond motifs is 5. The second kappa shape index (κ2) is 8.83. The molecule has 1 heteroatoms. The van der Waals surface area contributed by atoms with E-state index in [-0.39, 0.29) is 5.78 Å². The predicted octanol–water partition coefficient (Wildman–Crippen LogP) is 8.36. The Morgan fingerprint density at radius 1 is 1.13 bits per heavy atom. The van der Waals surface area contributed by atoms with Crippen LogP contribution in [0.4, 0.5) is 0 Å². The van der Waals surface area contributed by atoms with Crippen LogP contribution in [0.15, 0.2) is 24.3 Å². The van der Waals surface area contributed by atoms with Crippen LogP contribution >= 0.6 is 0 Å². The Bertz CT molecular complexity index is 716. The van der Waals surface area contributed by atoms with Crippen LogP contribution in [0, 0.1) is 52.3 Å². The second-order valence-electron chi connectivity index (χ2n) is 12.6. The molecule has 0 spiro atoms. The maximum atomic E-state index is 12.3. The van der Waals surface area contributed by atoms with Crippen LogP contribution in [-0.2, 0) is 4.79 Å². The van der Waals surface area contributed by atoms with Crippen LogP contribution in [0.25, 0.3) is 0 Å². The first-order valence-corrected chi connectivity index (χ1v) is 13.4. The molecule has 1 radical (unpaired) electrons. The first-order chi connectivity index (χ1) is 14.7. The molecule has 0 heterocycles. The number of hydrogen-bond acceptors (Lipinski definition) is 1. The first kappa shape index (κ1) is 23.3. The van der Waals surface area contributed by atoms with Gasteiger partial charge in [-0.1, -0.05) is 72.1 Å². The van der Waals surface area contributed by atoms with Gasteiger partial charge in [0.1, 0.15) is 0 Å². The lowest BCUT2D eigenvalue weighted by Crippen LogP contribution is -2.50. The van der Waals surface area contributed by atoms with E-state index in [2.05, 4.69) is 47.3 Å². The molecular formula is C30H47O. The van der Waals surface area contributed by atoms with Crippen molar-refractivity contribution in [3.8, 4) is 0 Å². The standard InChI is InChI=1S/C30H47O/c1-7-28(31)22-15-17-29(5)23(19-22)11-12-24-26-14-13-25(21(4)10-8-9-20(2)3)30(26,6)18-16-27(24)29/h7,11,20-21,24-27H,1,8-10,12-19H2,2-6H3/t21-,24+,25-,26+,27+,29+,30-/m1/s1. The molecular weight excluding hydrogens is 376 g/mol. The molecule has 0 saturated heterocycles. The fourth-order valence-corrected chi connectivity index (χ4v) is 8.88. The second-order valence-corrected chi connectivity index (χ2v) is 12.6. The summed E-state index contributed by atoms with van der Waals surface area (Å²) in [7, 11) is 0. The van der Waals surface area contributed by atoms with Gasteiger partial charge < -0.3 is 0 Å². The largest absolute Gasteiger partial charge is 0.294 e. The third kappa shape index (κ3) is 4.02. The van der Waals surface area contributed by atoms with E-state index in [1.165, 1.54) is 63.9 Å². The molecule has 3 saturated carbocycles. The van der Waals surface area contributed by atoms with Crippen LogP contribution in [0.3, 0.4) is 0 Å². The van der Waals surface area contributed by atoms with Crippen molar-refractivity contribution in [3.05, 3.63) is 30.2 Å². The molecule has 4 aliphatic carbocycles. The third-order valence-electron chi connectivity index (χ3n) is 10.7. The zero-order valence-corrected chi connectivity index (χ0v) is 21.0. The minimum absolute atomic E-state index is 0.186. The number of hydrogen-bond donors (Lipinski definition) is 0. The molecule has 0 aromatic rings. The summed E-state index contributed by atoms with van der Waals surface area (Å²) in [5.41, 5.74) is 2.48. The Morgan fingerprint density at radius 2 is 1.90 bits per heavy atom. The maximum absolute atomic E-state index is 12.3. The van der Waals surface area contributed by atoms with Crippen LogP contribution in [0.1, 0.15) is 105 Å². The van der Waals surface area contributed by atoms with E-state index < -0.39 is 0 Å². The van der Waals surface area contributed by atoms with Crippen molar-refractivity contribution in [1.29, 1.82) is 0 Å². The molecule has 0 unspecified atom stereocenters. The van der Waals surface area contributed by atoms with E-state index in [1.54, 1.807) is 5.57 Å². The highest BCUT2D eigenvalue weighted by Gasteiger charge is 2.59. The van der Waals surface area contributed by atoms with Crippen LogP contribution in [0.5, 0.6) is 0 Å². The van der Waals surface area contributed by atoms with E-state index in [1.807, 2.05) is 0 Å². The summed E-state index contributed by atoms with van der Waals surface area (Å²) < 4.78 is 0. The van der Waals surface area contributed by atoms with Gasteiger partial charge in [-0.2, -0.15) is 0 Å². The quantitative estimate of drug-likeness (QED) is 0.297. The van der Waals surface area contributed by atoms with Crippen molar-refractivity contribution >= 4 is 5.78 Å². The Labute approximate surface area is 192 Å². The summed E-state index contributed by atoms with van der Waals surface area (Å²) in [5.74, 6) is 6.57. The van der Waals surface area contributed by atoms with E-state index in [0.717, 1.165) is 54.3 Å². The average Bonchev–Trinajstić information content (AvgIpc) is 3.09. The lowest BCUT2D eigenvalue weighted by atomic mass is 9.46. The Balaban J connectivity index is 1.48. The molecule has 0 amide bonds. The van der Waals surface area contributed by atoms with Gasteiger partial charge in [-0.15, -0.1) is 0 Å². The van der Waals surface area contributed by atoms with Crippen molar-refractivity contribution in [3.63, 3.8) is 0 Å². The predicted molar refractivity (Wildman–Crippen MR) is 131 cm³/mol. The normalized spacial score (nSPS) is 41.2. The molecule has 1 nitrogen and oxygen atoms in total. The molecule has 0 N–H and O–H groups in total. The molecule has 31 heavy (non-hydrogen) atoms. The molecule has 0 aromatic carbocycles. The fraction of sp³-hybridized carbons (Fsp3) is 0.800. The van der Waals surface area contributed by atoms with Gasteiger partial charge in [0.15, 0.2) is 5.78 Å². The van der Waals surface area contributed by atoms with Gasteiger partial charge in [0.05, 0.1) is 0 Å². The number of allylic oxidation sites excluding steroid dienone is 3. The topological polar surface area (TPSA) is 17.1 Å². The van der Waals surface area contributed by atoms with E-state index in [0.29, 0.717) is 10.8 Å². The van der Waals surface area contributed by atoms with Gasteiger partial charge in [0.25, 0.3) is 0 Å². The van der Waals surface area contributed by atoms with Crippen molar-refractivity contribution in [1.82, 2.24) is 0 Å². The molecule has 3 fully saturated rings. The summed E-state index contributed by atoms with van der Waals surface area (Å²) in [6.07, 6.45) is 18.4. The van der Waals surface area contributed by atoms with Crippen molar-refractivity contribution in [2.24, 2.45) is 46.3 Å². The van der Waals surface area contributed by atoms with E-state index in [4.69, 9.17) is 0 Å². The summed E-state index contributed by atoms with van der Waals surface area (Å²) in [5, 5.41) is 0. The van der Waals surface area contributed by atoms with Crippen molar-refractivity contribution in [2.75, 3.05) is 0 Å². The lowest BCUT2D eigenvalue weighted by molar-refractivity contribution is -0.113. The first-order valence-electron chi connectivity index (χ1n) is 13.4. The van der Waals surface area contributed by atoms with Gasteiger partial charge in [0.2, 0.25) is 0 Å². The van der Waals surface area contributed by atoms with Crippen molar-refractivity contribution in [2.45, 2.75) is 105 Å². The Morgan fingerprint density at radius 3 is 2.61 bits per heavy atom. The number of rotatable bonds is 7. The lowest BCUT2D eigenvalue weighted by Gasteiger charge is -2.58. The average molecular weight is 424 g/mol. The Hall–Kier alpha value is -0.850. The zero-order chi connectivity index (χ0) is 22.4. The summed E-state index contributed by atoms with van der Waals surface area (Å²) >= 11 is 0. The highest BCUT2D eigenvalue weighted by molar-refractivity contribution is 6.01. The Kier molecular flexibility index (Phi) is 6.64. The SMILES string of the molecule is C=CC(=O)[C]1CC[C@@]2(C)C(=CC[C@H]3[C@@H]4CC[C@H]([C@H](C)CCCC(C)C)[C@@]4(C)CC[C@@H]32)C1. The highest BCUT2D eigenvalue weighted by Crippen LogP contribution is 2.67. The third-order valence-corrected chi connectivity index (χ3v) is 10.7. The smallest absolute Gasteiger partial charge is 0.162 e. The maximum Gasteiger partial charge on any atom is 0.162 e. The number of carbonyl (C=O) groups is 1. The highest BCUT2D eigenvalue weighted by atomic mass is 16.1. The minimum Gasteiger partial charge on any atom is -0.294 e. The van der Waals surface area contributed by atoms with Gasteiger partial charge in [-0.3, -0.25) is 4.79 Å². The molecule has 0 bridgehead atoms. The van der Waals surface area contributed by atoms with Gasteiger partial charge >= 0.3 is 0 Å². The molecule has 4 aliphatic rings. The van der Waals surface area contributed by atoms with Gasteiger partial charge in [-0.05, 0) is 104 Å². The summed E-state index contributed by atoms with van der Waals surface area (Å²) in [4.78, 5) is 12.3. The van der Waals surface area contributed by atoms with Crippen LogP contribution < -0.4 is 0 Å². The van der Waals surface area contributed by atoms with Crippen LogP contribution in [-0.4, -0.2) is 5.78 Å². The monoisotopic (exact) mass is 423 g/mol. The fourth-order valence-electron chi connectivity index (χ4n) is 8.88. The minimum atomic E-state index is 0.186. The molecule has 0 aliphatic heterocycles. The van der Waals surface area contributed by atoms with Gasteiger partial charge in [-0.25, -0.2) is 0 Å². The van der Waals surface area contributed by atoms with Gasteiger partial charge in [0, 0.05) is 5.92 Å². The molecule has 7 atom stereocenters. The zero-order valence-electron chi connectivity index (χ0n) is 21.0. The number of carbonyl (C=O) groups excluding carboxylic acids is 1. The van der Waals surface area contributed by atoms with E-state index >= 15 is 0 Å². The summed E-state index contributed by atoms with van der Waals surface area (Å²) in [6, 6.07) is 0. The van der Waals surface area contributed by atoms with Crippen molar-refractivity contribution < 1.29 is 4.79 Å². The number of ketones is 1. The molecule has 0 aromatic heterocycles. The van der Waals surface area contributed by atoms with E-state index in [9.17, 15) is 4.79 Å². The molecule has 4 rings (SSSR count). The summed E-state index contributed by atoms with van der Waals surface area (Å²) in [6.45, 7) is 16.3. The van der Waals surface area contributed by atoms with Crippen LogP contribution in [0.2, 0.25) is 0 Å². The molecule has 173 valence electrons.